The lowest BCUT2D eigenvalue weighted by atomic mass is 9.96. The number of aryl methyl sites for hydroxylation is 1. The summed E-state index contributed by atoms with van der Waals surface area (Å²) in [6.07, 6.45) is 0. The van der Waals surface area contributed by atoms with Crippen molar-refractivity contribution >= 4 is 33.4 Å². The van der Waals surface area contributed by atoms with E-state index in [0.717, 1.165) is 22.1 Å². The number of halogens is 2. The van der Waals surface area contributed by atoms with Crippen molar-refractivity contribution in [2.24, 2.45) is 0 Å². The standard InChI is InChI=1S/C26H18ClFN2O3/c1-14-11-19(15(2)30-23-6-4-3-5-18(23)25(31)33-26(30)32)21-13-20(24(27)29-22(21)12-14)16-7-9-17(28)10-8-16/h3-13,15H,1-2H3. The minimum absolute atomic E-state index is 0.298. The fourth-order valence-electron chi connectivity index (χ4n) is 4.25. The highest BCUT2D eigenvalue weighted by Gasteiger charge is 2.20. The monoisotopic (exact) mass is 460 g/mol. The van der Waals surface area contributed by atoms with E-state index in [2.05, 4.69) is 4.98 Å². The van der Waals surface area contributed by atoms with Gasteiger partial charge in [-0.15, -0.1) is 0 Å². The molecule has 5 rings (SSSR count). The summed E-state index contributed by atoms with van der Waals surface area (Å²) < 4.78 is 19.9. The minimum Gasteiger partial charge on any atom is -0.372 e. The largest absolute Gasteiger partial charge is 0.422 e. The van der Waals surface area contributed by atoms with Crippen LogP contribution in [0.4, 0.5) is 4.39 Å². The summed E-state index contributed by atoms with van der Waals surface area (Å²) in [5.74, 6) is -1.08. The number of pyridine rings is 1. The highest BCUT2D eigenvalue weighted by molar-refractivity contribution is 6.32. The molecule has 1 unspecified atom stereocenters. The second kappa shape index (κ2) is 7.98. The van der Waals surface area contributed by atoms with Crippen LogP contribution in [0.2, 0.25) is 5.15 Å². The van der Waals surface area contributed by atoms with Crippen LogP contribution in [0.5, 0.6) is 0 Å². The van der Waals surface area contributed by atoms with Crippen LogP contribution in [0.1, 0.15) is 24.1 Å². The lowest BCUT2D eigenvalue weighted by Crippen LogP contribution is -2.28. The van der Waals surface area contributed by atoms with Crippen molar-refractivity contribution in [1.82, 2.24) is 9.55 Å². The van der Waals surface area contributed by atoms with E-state index in [9.17, 15) is 14.0 Å². The van der Waals surface area contributed by atoms with Gasteiger partial charge in [0.25, 0.3) is 0 Å². The molecule has 5 nitrogen and oxygen atoms in total. The van der Waals surface area contributed by atoms with Crippen molar-refractivity contribution in [3.8, 4) is 11.1 Å². The first-order chi connectivity index (χ1) is 15.8. The fraction of sp³-hybridized carbons (Fsp3) is 0.115. The highest BCUT2D eigenvalue weighted by Crippen LogP contribution is 2.35. The number of rotatable bonds is 3. The molecule has 0 saturated heterocycles. The SMILES string of the molecule is Cc1cc(C(C)n2c(=O)oc(=O)c3ccccc32)c2cc(-c3ccc(F)cc3)c(Cl)nc2c1. The molecule has 0 aliphatic heterocycles. The quantitative estimate of drug-likeness (QED) is 0.315. The Balaban J connectivity index is 1.79. The molecule has 0 N–H and O–H groups in total. The number of para-hydroxylation sites is 1. The average molecular weight is 461 g/mol. The molecule has 2 heterocycles. The Bertz CT molecular complexity index is 1660. The number of aromatic nitrogens is 2. The molecule has 7 heteroatoms. The molecule has 0 fully saturated rings. The number of nitrogens with zero attached hydrogens (tertiary/aromatic N) is 2. The minimum atomic E-state index is -0.735. The first-order valence-corrected chi connectivity index (χ1v) is 10.7. The van der Waals surface area contributed by atoms with Crippen LogP contribution in [0.15, 0.2) is 80.7 Å². The van der Waals surface area contributed by atoms with Crippen LogP contribution in [0.3, 0.4) is 0 Å². The zero-order valence-electron chi connectivity index (χ0n) is 17.8. The molecule has 1 atom stereocenters. The summed E-state index contributed by atoms with van der Waals surface area (Å²) in [5, 5.41) is 1.42. The fourth-order valence-corrected chi connectivity index (χ4v) is 4.50. The third-order valence-electron chi connectivity index (χ3n) is 5.82. The van der Waals surface area contributed by atoms with Gasteiger partial charge in [-0.3, -0.25) is 4.57 Å². The number of hydrogen-bond donors (Lipinski definition) is 0. The molecule has 0 amide bonds. The van der Waals surface area contributed by atoms with E-state index in [1.54, 1.807) is 36.4 Å². The Morgan fingerprint density at radius 3 is 2.48 bits per heavy atom. The smallest absolute Gasteiger partial charge is 0.372 e. The van der Waals surface area contributed by atoms with Crippen LogP contribution < -0.4 is 11.4 Å². The maximum Gasteiger partial charge on any atom is 0.422 e. The molecule has 2 aromatic heterocycles. The molecule has 0 bridgehead atoms. The molecule has 0 radical (unpaired) electrons. The van der Waals surface area contributed by atoms with E-state index < -0.39 is 17.4 Å². The predicted molar refractivity (Wildman–Crippen MR) is 127 cm³/mol. The number of fused-ring (bicyclic) bond motifs is 2. The summed E-state index contributed by atoms with van der Waals surface area (Å²) in [6.45, 7) is 3.80. The summed E-state index contributed by atoms with van der Waals surface area (Å²) >= 11 is 6.49. The molecule has 33 heavy (non-hydrogen) atoms. The van der Waals surface area contributed by atoms with Gasteiger partial charge in [-0.25, -0.2) is 19.0 Å². The Kier molecular flexibility index (Phi) is 5.10. The molecule has 5 aromatic rings. The Hall–Kier alpha value is -3.77. The van der Waals surface area contributed by atoms with Gasteiger partial charge in [-0.2, -0.15) is 0 Å². The van der Waals surface area contributed by atoms with Gasteiger partial charge in [0.15, 0.2) is 0 Å². The molecule has 0 saturated carbocycles. The van der Waals surface area contributed by atoms with E-state index in [-0.39, 0.29) is 5.82 Å². The summed E-state index contributed by atoms with van der Waals surface area (Å²) in [6, 6.07) is 18.2. The van der Waals surface area contributed by atoms with Gasteiger partial charge >= 0.3 is 11.4 Å². The van der Waals surface area contributed by atoms with Crippen molar-refractivity contribution in [3.63, 3.8) is 0 Å². The Morgan fingerprint density at radius 2 is 1.73 bits per heavy atom. The Labute approximate surface area is 192 Å². The van der Waals surface area contributed by atoms with E-state index >= 15 is 0 Å². The van der Waals surface area contributed by atoms with Crippen LogP contribution in [0, 0.1) is 12.7 Å². The van der Waals surface area contributed by atoms with Crippen LogP contribution in [0.25, 0.3) is 32.9 Å². The van der Waals surface area contributed by atoms with Crippen LogP contribution in [-0.4, -0.2) is 9.55 Å². The lowest BCUT2D eigenvalue weighted by molar-refractivity contribution is 0.406. The third kappa shape index (κ3) is 3.62. The zero-order chi connectivity index (χ0) is 23.3. The number of benzene rings is 3. The number of hydrogen-bond acceptors (Lipinski definition) is 4. The van der Waals surface area contributed by atoms with Gasteiger partial charge in [0.05, 0.1) is 22.5 Å². The molecule has 164 valence electrons. The molecular formula is C26H18ClFN2O3. The van der Waals surface area contributed by atoms with Crippen molar-refractivity contribution < 1.29 is 8.81 Å². The van der Waals surface area contributed by atoms with Crippen LogP contribution >= 0.6 is 11.6 Å². The zero-order valence-corrected chi connectivity index (χ0v) is 18.6. The molecule has 0 aliphatic rings. The van der Waals surface area contributed by atoms with Crippen molar-refractivity contribution in [2.45, 2.75) is 19.9 Å². The van der Waals surface area contributed by atoms with Crippen molar-refractivity contribution in [2.75, 3.05) is 0 Å². The van der Waals surface area contributed by atoms with Gasteiger partial charge in [-0.05, 0) is 66.9 Å². The molecule has 0 spiro atoms. The van der Waals surface area contributed by atoms with Crippen LogP contribution in [-0.2, 0) is 0 Å². The summed E-state index contributed by atoms with van der Waals surface area (Å²) in [5.41, 5.74) is 3.63. The van der Waals surface area contributed by atoms with Crippen molar-refractivity contribution in [3.05, 3.63) is 110 Å². The van der Waals surface area contributed by atoms with Gasteiger partial charge in [0, 0.05) is 10.9 Å². The molecule has 3 aromatic carbocycles. The maximum absolute atomic E-state index is 13.4. The second-order valence-corrected chi connectivity index (χ2v) is 8.33. The van der Waals surface area contributed by atoms with Crippen molar-refractivity contribution in [1.29, 1.82) is 0 Å². The maximum atomic E-state index is 13.4. The molecular weight excluding hydrogens is 443 g/mol. The van der Waals surface area contributed by atoms with E-state index in [1.807, 2.05) is 32.0 Å². The van der Waals surface area contributed by atoms with E-state index in [0.29, 0.717) is 27.1 Å². The van der Waals surface area contributed by atoms with Gasteiger partial charge in [0.1, 0.15) is 11.0 Å². The summed E-state index contributed by atoms with van der Waals surface area (Å²) in [7, 11) is 0. The highest BCUT2D eigenvalue weighted by atomic mass is 35.5. The summed E-state index contributed by atoms with van der Waals surface area (Å²) in [4.78, 5) is 29.6. The predicted octanol–water partition coefficient (Wildman–Crippen LogP) is 5.88. The van der Waals surface area contributed by atoms with E-state index in [1.165, 1.54) is 16.7 Å². The van der Waals surface area contributed by atoms with E-state index in [4.69, 9.17) is 16.0 Å². The Morgan fingerprint density at radius 1 is 1.00 bits per heavy atom. The lowest BCUT2D eigenvalue weighted by Gasteiger charge is -2.20. The normalized spacial score (nSPS) is 12.4. The molecule has 0 aliphatic carbocycles. The first kappa shape index (κ1) is 21.1. The first-order valence-electron chi connectivity index (χ1n) is 10.3. The topological polar surface area (TPSA) is 65.1 Å². The average Bonchev–Trinajstić information content (AvgIpc) is 2.78. The second-order valence-electron chi connectivity index (χ2n) is 7.97. The van der Waals surface area contributed by atoms with Gasteiger partial charge in [-0.1, -0.05) is 41.9 Å². The van der Waals surface area contributed by atoms with Gasteiger partial charge < -0.3 is 4.42 Å². The third-order valence-corrected chi connectivity index (χ3v) is 6.10. The van der Waals surface area contributed by atoms with Gasteiger partial charge in [0.2, 0.25) is 0 Å².